The summed E-state index contributed by atoms with van der Waals surface area (Å²) in [6.45, 7) is 11.6. The molecule has 1 N–H and O–H groups in total. The number of ether oxygens (including phenoxy) is 3. The maximum Gasteiger partial charge on any atom is 0.508 e. The highest BCUT2D eigenvalue weighted by Gasteiger charge is 2.61. The molecule has 7 heteroatoms. The van der Waals surface area contributed by atoms with Crippen LogP contribution in [-0.4, -0.2) is 69.6 Å². The molecule has 1 saturated heterocycles. The fourth-order valence-corrected chi connectivity index (χ4v) is 6.83. The molecule has 0 aromatic carbocycles. The van der Waals surface area contributed by atoms with Crippen molar-refractivity contribution in [3.8, 4) is 0 Å². The van der Waals surface area contributed by atoms with E-state index in [4.69, 9.17) is 14.2 Å². The Bertz CT molecular complexity index is 808. The fourth-order valence-electron chi connectivity index (χ4n) is 6.83. The largest absolute Gasteiger partial charge is 0.508 e. The lowest BCUT2D eigenvalue weighted by Gasteiger charge is -2.61. The number of nitrogens with one attached hydrogen (secondary N) is 1. The van der Waals surface area contributed by atoms with Crippen LogP contribution in [-0.2, 0) is 19.0 Å². The summed E-state index contributed by atoms with van der Waals surface area (Å²) in [5.41, 5.74) is 1.83. The number of cyclic esters (lactones) is 2. The lowest BCUT2D eigenvalue weighted by molar-refractivity contribution is -0.193. The van der Waals surface area contributed by atoms with Gasteiger partial charge in [-0.1, -0.05) is 26.0 Å². The van der Waals surface area contributed by atoms with Gasteiger partial charge in [-0.15, -0.1) is 0 Å². The molecule has 0 aromatic heterocycles. The van der Waals surface area contributed by atoms with Crippen LogP contribution in [0.1, 0.15) is 46.0 Å². The number of nitrogens with zero attached hydrogens (tertiary/aromatic N) is 1. The van der Waals surface area contributed by atoms with Crippen molar-refractivity contribution in [2.24, 2.45) is 22.7 Å². The molecule has 0 spiro atoms. The number of esters is 1. The first-order valence-corrected chi connectivity index (χ1v) is 11.9. The average Bonchev–Trinajstić information content (AvgIpc) is 3.15. The number of fused-ring (bicyclic) bond motifs is 3. The van der Waals surface area contributed by atoms with Crippen molar-refractivity contribution in [1.82, 2.24) is 10.2 Å². The average molecular weight is 447 g/mol. The molecular formula is C25H38N2O5. The number of hydrogen-bond donors (Lipinski definition) is 1. The van der Waals surface area contributed by atoms with E-state index in [0.29, 0.717) is 19.1 Å². The van der Waals surface area contributed by atoms with E-state index >= 15 is 0 Å². The van der Waals surface area contributed by atoms with Crippen molar-refractivity contribution in [1.29, 1.82) is 0 Å². The van der Waals surface area contributed by atoms with E-state index in [0.717, 1.165) is 50.8 Å². The maximum atomic E-state index is 12.4. The van der Waals surface area contributed by atoms with E-state index in [-0.39, 0.29) is 34.9 Å². The molecule has 3 unspecified atom stereocenters. The van der Waals surface area contributed by atoms with Gasteiger partial charge in [0.15, 0.2) is 0 Å². The first-order chi connectivity index (χ1) is 15.1. The molecule has 0 bridgehead atoms. The van der Waals surface area contributed by atoms with Gasteiger partial charge in [0.25, 0.3) is 0 Å². The number of carbonyl (C=O) groups excluding carboxylic acids is 2. The second kappa shape index (κ2) is 8.82. The summed E-state index contributed by atoms with van der Waals surface area (Å²) in [5.74, 6) is 0.422. The zero-order valence-corrected chi connectivity index (χ0v) is 19.9. The quantitative estimate of drug-likeness (QED) is 0.475. The van der Waals surface area contributed by atoms with Crippen LogP contribution in [0, 0.1) is 22.7 Å². The molecular weight excluding hydrogens is 408 g/mol. The van der Waals surface area contributed by atoms with Crippen LogP contribution in [0.5, 0.6) is 0 Å². The molecule has 2 aliphatic heterocycles. The van der Waals surface area contributed by atoms with E-state index in [1.54, 1.807) is 0 Å². The number of allylic oxidation sites excluding steroid dienone is 1. The van der Waals surface area contributed by atoms with Gasteiger partial charge in [0, 0.05) is 24.5 Å². The summed E-state index contributed by atoms with van der Waals surface area (Å²) in [6, 6.07) is -0.0618. The number of carbonyl (C=O) groups is 2. The molecule has 4 rings (SSSR count). The third-order valence-corrected chi connectivity index (χ3v) is 8.61. The van der Waals surface area contributed by atoms with Crippen LogP contribution in [0.25, 0.3) is 0 Å². The molecule has 0 aromatic rings. The van der Waals surface area contributed by atoms with Crippen LogP contribution in [0.4, 0.5) is 4.79 Å². The molecule has 32 heavy (non-hydrogen) atoms. The Hall–Kier alpha value is -1.86. The lowest BCUT2D eigenvalue weighted by atomic mass is 9.45. The molecule has 0 amide bonds. The van der Waals surface area contributed by atoms with Crippen molar-refractivity contribution < 1.29 is 23.8 Å². The summed E-state index contributed by atoms with van der Waals surface area (Å²) >= 11 is 0. The van der Waals surface area contributed by atoms with Gasteiger partial charge >= 0.3 is 12.1 Å². The maximum absolute atomic E-state index is 12.4. The Morgan fingerprint density at radius 1 is 1.22 bits per heavy atom. The zero-order valence-electron chi connectivity index (χ0n) is 19.9. The Labute approximate surface area is 191 Å². The zero-order chi connectivity index (χ0) is 23.1. The van der Waals surface area contributed by atoms with Crippen LogP contribution < -0.4 is 5.32 Å². The summed E-state index contributed by atoms with van der Waals surface area (Å²) < 4.78 is 16.3. The highest BCUT2D eigenvalue weighted by Crippen LogP contribution is 2.63. The molecule has 178 valence electrons. The van der Waals surface area contributed by atoms with Gasteiger partial charge in [0.05, 0.1) is 5.57 Å². The molecule has 0 radical (unpaired) electrons. The molecule has 6 atom stereocenters. The molecule has 2 heterocycles. The third kappa shape index (κ3) is 4.10. The van der Waals surface area contributed by atoms with Gasteiger partial charge in [-0.05, 0) is 69.5 Å². The highest BCUT2D eigenvalue weighted by atomic mass is 16.7. The molecule has 3 fully saturated rings. The summed E-state index contributed by atoms with van der Waals surface area (Å²) in [6.07, 6.45) is 5.92. The van der Waals surface area contributed by atoms with Gasteiger partial charge in [0.1, 0.15) is 19.3 Å². The van der Waals surface area contributed by atoms with Gasteiger partial charge in [0.2, 0.25) is 0 Å². The number of hydrogen-bond acceptors (Lipinski definition) is 7. The Kier molecular flexibility index (Phi) is 6.43. The normalized spacial score (nSPS) is 37.7. The second-order valence-corrected chi connectivity index (χ2v) is 10.8. The number of likely N-dealkylation sites (N-methyl/N-ethyl adjacent to an activating group) is 1. The van der Waals surface area contributed by atoms with Crippen molar-refractivity contribution in [3.63, 3.8) is 0 Å². The van der Waals surface area contributed by atoms with Crippen molar-refractivity contribution >= 4 is 12.1 Å². The molecule has 2 aliphatic carbocycles. The predicted octanol–water partition coefficient (Wildman–Crippen LogP) is 3.30. The minimum Gasteiger partial charge on any atom is -0.458 e. The third-order valence-electron chi connectivity index (χ3n) is 8.61. The standard InChI is InChI=1S/C25H38N2O5/c1-16-6-7-20-24(2,10-8-21-25(20,3)15-31-23(29)32-21)18(16)14-19(26-11-12-27(4)5)17-9-13-30-22(17)28/h9,18-21,26H,1,6-8,10-15H2,2-5H3/t18-,19?,20?,21?,24-,25+/m1/s1. The van der Waals surface area contributed by atoms with Crippen LogP contribution >= 0.6 is 0 Å². The SMILES string of the molecule is C=C1CCC2[C@]3(C)COC(=O)OC3CC[C@]2(C)[C@@H]1CC(NCCN(C)C)C1=CCOC1=O. The second-order valence-electron chi connectivity index (χ2n) is 10.8. The molecule has 7 nitrogen and oxygen atoms in total. The van der Waals surface area contributed by atoms with E-state index in [9.17, 15) is 9.59 Å². The topological polar surface area (TPSA) is 77.1 Å². The minimum absolute atomic E-state index is 0.0121. The molecule has 2 saturated carbocycles. The monoisotopic (exact) mass is 446 g/mol. The van der Waals surface area contributed by atoms with Gasteiger partial charge < -0.3 is 24.4 Å². The van der Waals surface area contributed by atoms with Gasteiger partial charge in [-0.25, -0.2) is 9.59 Å². The Morgan fingerprint density at radius 2 is 2.00 bits per heavy atom. The summed E-state index contributed by atoms with van der Waals surface area (Å²) in [7, 11) is 4.10. The summed E-state index contributed by atoms with van der Waals surface area (Å²) in [5, 5.41) is 3.63. The van der Waals surface area contributed by atoms with Gasteiger partial charge in [-0.3, -0.25) is 0 Å². The van der Waals surface area contributed by atoms with Gasteiger partial charge in [-0.2, -0.15) is 0 Å². The first kappa shape index (κ1) is 23.3. The Morgan fingerprint density at radius 3 is 2.69 bits per heavy atom. The van der Waals surface area contributed by atoms with E-state index in [1.165, 1.54) is 5.57 Å². The lowest BCUT2D eigenvalue weighted by Crippen LogP contribution is -2.61. The predicted molar refractivity (Wildman–Crippen MR) is 121 cm³/mol. The van der Waals surface area contributed by atoms with Crippen molar-refractivity contribution in [3.05, 3.63) is 23.8 Å². The Balaban J connectivity index is 1.58. The van der Waals surface area contributed by atoms with E-state index in [1.807, 2.05) is 20.2 Å². The highest BCUT2D eigenvalue weighted by molar-refractivity contribution is 5.91. The fraction of sp³-hybridized carbons (Fsp3) is 0.760. The first-order valence-electron chi connectivity index (χ1n) is 11.9. The van der Waals surface area contributed by atoms with Crippen LogP contribution in [0.15, 0.2) is 23.8 Å². The minimum atomic E-state index is -0.537. The van der Waals surface area contributed by atoms with Crippen LogP contribution in [0.3, 0.4) is 0 Å². The smallest absolute Gasteiger partial charge is 0.458 e. The van der Waals surface area contributed by atoms with Crippen LogP contribution in [0.2, 0.25) is 0 Å². The van der Waals surface area contributed by atoms with Crippen molar-refractivity contribution in [2.75, 3.05) is 40.4 Å². The van der Waals surface area contributed by atoms with E-state index < -0.39 is 6.16 Å². The number of rotatable bonds is 7. The van der Waals surface area contributed by atoms with E-state index in [2.05, 4.69) is 30.6 Å². The van der Waals surface area contributed by atoms with Crippen molar-refractivity contribution in [2.45, 2.75) is 58.1 Å². The molecule has 4 aliphatic rings. The summed E-state index contributed by atoms with van der Waals surface area (Å²) in [4.78, 5) is 26.3.